The molecule has 0 aliphatic heterocycles. The molecule has 24 heavy (non-hydrogen) atoms. The summed E-state index contributed by atoms with van der Waals surface area (Å²) < 4.78 is 11.2. The first-order valence-electron chi connectivity index (χ1n) is 6.92. The van der Waals surface area contributed by atoms with E-state index in [0.717, 1.165) is 17.7 Å². The largest absolute Gasteiger partial charge is 0.508 e. The van der Waals surface area contributed by atoms with Gasteiger partial charge in [-0.1, -0.05) is 12.1 Å². The number of phenolic OH excluding ortho intramolecular Hbond substituents is 3. The fourth-order valence-electron chi connectivity index (χ4n) is 2.25. The summed E-state index contributed by atoms with van der Waals surface area (Å²) in [5.41, 5.74) is 0.800. The van der Waals surface area contributed by atoms with Crippen LogP contribution in [0.25, 0.3) is 0 Å². The van der Waals surface area contributed by atoms with E-state index < -0.39 is 18.7 Å². The molecule has 0 saturated heterocycles. The highest BCUT2D eigenvalue weighted by Crippen LogP contribution is 2.57. The number of phenols is 3. The predicted molar refractivity (Wildman–Crippen MR) is 89.1 cm³/mol. The van der Waals surface area contributed by atoms with Gasteiger partial charge in [0.25, 0.3) is 0 Å². The van der Waals surface area contributed by atoms with Crippen molar-refractivity contribution in [1.29, 1.82) is 0 Å². The molecule has 0 bridgehead atoms. The second-order valence-electron chi connectivity index (χ2n) is 5.18. The topological polar surface area (TPSA) is 138 Å². The molecule has 0 aliphatic carbocycles. The van der Waals surface area contributed by atoms with Crippen LogP contribution in [0.3, 0.4) is 0 Å². The molecule has 0 heterocycles. The van der Waals surface area contributed by atoms with Crippen LogP contribution in [-0.2, 0) is 11.0 Å². The first-order valence-corrected chi connectivity index (χ1v) is 9.96. The van der Waals surface area contributed by atoms with Crippen LogP contribution in [0.4, 0.5) is 0 Å². The van der Waals surface area contributed by atoms with Crippen molar-refractivity contribution in [3.8, 4) is 17.2 Å². The zero-order valence-electron chi connectivity index (χ0n) is 12.4. The maximum absolute atomic E-state index is 11.2. The Balaban J connectivity index is 2.22. The van der Waals surface area contributed by atoms with Crippen LogP contribution in [-0.4, -0.2) is 30.2 Å². The lowest BCUT2D eigenvalue weighted by Crippen LogP contribution is -2.02. The lowest BCUT2D eigenvalue weighted by Gasteiger charge is -2.17. The van der Waals surface area contributed by atoms with Crippen molar-refractivity contribution < 1.29 is 34.8 Å². The van der Waals surface area contributed by atoms with Gasteiger partial charge in [-0.3, -0.25) is 0 Å². The summed E-state index contributed by atoms with van der Waals surface area (Å²) in [5, 5.41) is 39.0. The van der Waals surface area contributed by atoms with Gasteiger partial charge in [0, 0.05) is 16.5 Å². The molecular weight excluding hydrogens is 355 g/mol. The highest BCUT2D eigenvalue weighted by atomic mass is 32.7. The minimum atomic E-state index is -4.52. The molecule has 0 amide bonds. The highest BCUT2D eigenvalue weighted by Gasteiger charge is 2.24. The second-order valence-corrected chi connectivity index (χ2v) is 8.76. The summed E-state index contributed by atoms with van der Waals surface area (Å²) in [6, 6.07) is 8.48. The normalized spacial score (nSPS) is 13.0. The molecule has 2 aromatic carbocycles. The Morgan fingerprint density at radius 2 is 1.62 bits per heavy atom. The van der Waals surface area contributed by atoms with Gasteiger partial charge < -0.3 is 30.2 Å². The van der Waals surface area contributed by atoms with Crippen molar-refractivity contribution in [3.63, 3.8) is 0 Å². The molecule has 2 rings (SSSR count). The highest BCUT2D eigenvalue weighted by molar-refractivity contribution is 8.54. The fourth-order valence-corrected chi connectivity index (χ4v) is 4.24. The Hall–Kier alpha value is -1.70. The Bertz CT molecular complexity index is 757. The summed E-state index contributed by atoms with van der Waals surface area (Å²) in [5.74, 6) is -0.683. The van der Waals surface area contributed by atoms with Gasteiger partial charge in [-0.2, -0.15) is 0 Å². The summed E-state index contributed by atoms with van der Waals surface area (Å²) in [4.78, 5) is 18.1. The fraction of sp³-hybridized carbons (Fsp3) is 0.200. The van der Waals surface area contributed by atoms with Crippen molar-refractivity contribution >= 4 is 18.2 Å². The van der Waals surface area contributed by atoms with Crippen LogP contribution in [0.5, 0.6) is 17.2 Å². The molecular formula is C15H17O7PS. The first kappa shape index (κ1) is 18.6. The van der Waals surface area contributed by atoms with E-state index in [0.29, 0.717) is 6.42 Å². The molecule has 9 heteroatoms. The summed E-state index contributed by atoms with van der Waals surface area (Å²) in [6.45, 7) is -4.52. The number of hydrogen-bond acceptors (Lipinski definition) is 6. The van der Waals surface area contributed by atoms with Crippen molar-refractivity contribution in [3.05, 3.63) is 47.5 Å². The maximum atomic E-state index is 11.2. The molecule has 130 valence electrons. The number of rotatable bonds is 6. The van der Waals surface area contributed by atoms with Gasteiger partial charge >= 0.3 is 6.80 Å². The minimum Gasteiger partial charge on any atom is -0.508 e. The van der Waals surface area contributed by atoms with Crippen molar-refractivity contribution in [1.82, 2.24) is 0 Å². The van der Waals surface area contributed by atoms with Crippen LogP contribution in [0, 0.1) is 0 Å². The smallest absolute Gasteiger partial charge is 0.388 e. The lowest BCUT2D eigenvalue weighted by atomic mass is 10.0. The Morgan fingerprint density at radius 1 is 1.00 bits per heavy atom. The third-order valence-electron chi connectivity index (χ3n) is 3.30. The molecule has 0 aromatic heterocycles. The molecule has 0 radical (unpaired) electrons. The van der Waals surface area contributed by atoms with Gasteiger partial charge in [0.2, 0.25) is 0 Å². The molecule has 7 nitrogen and oxygen atoms in total. The van der Waals surface area contributed by atoms with Gasteiger partial charge in [0.05, 0.1) is 6.10 Å². The van der Waals surface area contributed by atoms with Gasteiger partial charge in [0.1, 0.15) is 17.2 Å². The number of aryl methyl sites for hydroxylation is 1. The third-order valence-corrected chi connectivity index (χ3v) is 5.37. The van der Waals surface area contributed by atoms with E-state index in [1.807, 2.05) is 0 Å². The number of hydrogen-bond donors (Lipinski definition) is 6. The van der Waals surface area contributed by atoms with E-state index >= 15 is 0 Å². The van der Waals surface area contributed by atoms with Crippen LogP contribution in [0.2, 0.25) is 0 Å². The average molecular weight is 372 g/mol. The van der Waals surface area contributed by atoms with Gasteiger partial charge in [-0.15, -0.1) is 0 Å². The molecule has 0 fully saturated rings. The Morgan fingerprint density at radius 3 is 2.21 bits per heavy atom. The van der Waals surface area contributed by atoms with Crippen LogP contribution in [0.1, 0.15) is 23.7 Å². The van der Waals surface area contributed by atoms with Gasteiger partial charge in [-0.05, 0) is 48.0 Å². The maximum Gasteiger partial charge on any atom is 0.388 e. The van der Waals surface area contributed by atoms with Crippen molar-refractivity contribution in [2.24, 2.45) is 0 Å². The number of aliphatic hydroxyl groups is 1. The van der Waals surface area contributed by atoms with Crippen molar-refractivity contribution in [2.45, 2.75) is 23.8 Å². The summed E-state index contributed by atoms with van der Waals surface area (Å²) in [6.07, 6.45) is -0.590. The predicted octanol–water partition coefficient (Wildman–Crippen LogP) is 2.65. The number of aromatic hydroxyl groups is 3. The van der Waals surface area contributed by atoms with Crippen LogP contribution < -0.4 is 0 Å². The van der Waals surface area contributed by atoms with Gasteiger partial charge in [-0.25, -0.2) is 4.57 Å². The van der Waals surface area contributed by atoms with E-state index in [2.05, 4.69) is 0 Å². The molecule has 2 aromatic rings. The number of benzene rings is 2. The minimum absolute atomic E-state index is 0.0418. The van der Waals surface area contributed by atoms with E-state index in [9.17, 15) is 25.0 Å². The van der Waals surface area contributed by atoms with Crippen LogP contribution in [0.15, 0.2) is 41.3 Å². The average Bonchev–Trinajstić information content (AvgIpc) is 2.44. The van der Waals surface area contributed by atoms with Gasteiger partial charge in [0.15, 0.2) is 0 Å². The first-order chi connectivity index (χ1) is 11.2. The number of aliphatic hydroxyl groups excluding tert-OH is 1. The summed E-state index contributed by atoms with van der Waals surface area (Å²) >= 11 is 0.161. The molecule has 1 atom stereocenters. The molecule has 1 unspecified atom stereocenters. The zero-order valence-corrected chi connectivity index (χ0v) is 14.1. The zero-order chi connectivity index (χ0) is 17.9. The standard InChI is InChI=1S/C15H17O7PS/c16-10-4-1-9(2-5-10)3-6-12(18)15-13(19)7-11(17)8-14(15)24-23(20,21)22/h1-2,4-5,7-8,12,16-19H,3,6H2,(H2,20,21,22). The van der Waals surface area contributed by atoms with E-state index in [1.54, 1.807) is 12.1 Å². The molecule has 0 saturated carbocycles. The molecule has 0 spiro atoms. The van der Waals surface area contributed by atoms with E-state index in [4.69, 9.17) is 9.79 Å². The third kappa shape index (κ3) is 5.15. The second kappa shape index (κ2) is 7.46. The quantitative estimate of drug-likeness (QED) is 0.426. The summed E-state index contributed by atoms with van der Waals surface area (Å²) in [7, 11) is 0. The SMILES string of the molecule is O=P(O)(O)Sc1cc(O)cc(O)c1C(O)CCc1ccc(O)cc1. The van der Waals surface area contributed by atoms with Crippen LogP contribution >= 0.6 is 18.2 Å². The van der Waals surface area contributed by atoms with E-state index in [1.165, 1.54) is 12.1 Å². The Labute approximate surface area is 142 Å². The van der Waals surface area contributed by atoms with Crippen molar-refractivity contribution in [2.75, 3.05) is 0 Å². The lowest BCUT2D eigenvalue weighted by molar-refractivity contribution is 0.161. The molecule has 6 N–H and O–H groups in total. The Kier molecular flexibility index (Phi) is 5.79. The van der Waals surface area contributed by atoms with E-state index in [-0.39, 0.29) is 39.8 Å². The monoisotopic (exact) mass is 372 g/mol. The molecule has 0 aliphatic rings.